The summed E-state index contributed by atoms with van der Waals surface area (Å²) in [5.41, 5.74) is 3.48. The Morgan fingerprint density at radius 2 is 2.16 bits per heavy atom. The average molecular weight is 284 g/mol. The van der Waals surface area contributed by atoms with Crippen molar-refractivity contribution in [2.24, 2.45) is 11.3 Å². The van der Waals surface area contributed by atoms with Crippen LogP contribution in [0.1, 0.15) is 37.8 Å². The molecule has 0 saturated heterocycles. The minimum absolute atomic E-state index is 0.332. The van der Waals surface area contributed by atoms with Crippen molar-refractivity contribution in [2.45, 2.75) is 40.5 Å². The third-order valence-corrected chi connectivity index (χ3v) is 4.66. The maximum Gasteiger partial charge on any atom is 0.0797 e. The van der Waals surface area contributed by atoms with E-state index in [-0.39, 0.29) is 0 Å². The molecule has 0 aromatic carbocycles. The number of hydrogen-bond acceptors (Lipinski definition) is 4. The summed E-state index contributed by atoms with van der Waals surface area (Å²) in [6.45, 7) is 11.9. The molecule has 0 radical (unpaired) electrons. The van der Waals surface area contributed by atoms with Crippen molar-refractivity contribution in [3.63, 3.8) is 0 Å². The number of methoxy groups -OCH3 is 1. The van der Waals surface area contributed by atoms with Gasteiger partial charge in [-0.1, -0.05) is 20.8 Å². The Balaban J connectivity index is 2.44. The van der Waals surface area contributed by atoms with E-state index in [0.717, 1.165) is 26.1 Å². The molecule has 0 bridgehead atoms. The highest BCUT2D eigenvalue weighted by atomic mass is 32.1. The molecule has 1 aromatic heterocycles. The molecule has 1 rings (SSSR count). The second-order valence-corrected chi connectivity index (χ2v) is 7.10. The van der Waals surface area contributed by atoms with Crippen LogP contribution in [-0.2, 0) is 11.2 Å². The van der Waals surface area contributed by atoms with Gasteiger partial charge in [-0.15, -0.1) is 11.3 Å². The number of aryl methyl sites for hydroxylation is 2. The lowest BCUT2D eigenvalue weighted by Gasteiger charge is -2.31. The van der Waals surface area contributed by atoms with Gasteiger partial charge in [0, 0.05) is 18.5 Å². The number of hydrogen-bond donors (Lipinski definition) is 1. The van der Waals surface area contributed by atoms with Crippen molar-refractivity contribution in [2.75, 3.05) is 26.8 Å². The van der Waals surface area contributed by atoms with Crippen LogP contribution >= 0.6 is 11.3 Å². The van der Waals surface area contributed by atoms with Gasteiger partial charge in [0.2, 0.25) is 0 Å². The van der Waals surface area contributed by atoms with Gasteiger partial charge in [0.25, 0.3) is 0 Å². The topological polar surface area (TPSA) is 34.1 Å². The largest absolute Gasteiger partial charge is 0.383 e. The SMILES string of the molecule is COCCNCC(CCc1scnc1C)C(C)(C)C. The van der Waals surface area contributed by atoms with Gasteiger partial charge in [0.05, 0.1) is 17.8 Å². The molecule has 3 nitrogen and oxygen atoms in total. The van der Waals surface area contributed by atoms with E-state index in [4.69, 9.17) is 4.74 Å². The molecule has 0 aliphatic carbocycles. The van der Waals surface area contributed by atoms with E-state index in [1.165, 1.54) is 17.0 Å². The number of aromatic nitrogens is 1. The van der Waals surface area contributed by atoms with E-state index >= 15 is 0 Å². The lowest BCUT2D eigenvalue weighted by atomic mass is 9.78. The van der Waals surface area contributed by atoms with Crippen LogP contribution in [0, 0.1) is 18.3 Å². The second-order valence-electron chi connectivity index (χ2n) is 6.16. The van der Waals surface area contributed by atoms with E-state index in [1.807, 2.05) is 5.51 Å². The molecule has 1 heterocycles. The van der Waals surface area contributed by atoms with Gasteiger partial charge in [0.1, 0.15) is 0 Å². The quantitative estimate of drug-likeness (QED) is 0.744. The third kappa shape index (κ3) is 6.02. The smallest absolute Gasteiger partial charge is 0.0797 e. The predicted octanol–water partition coefficient (Wildman–Crippen LogP) is 3.28. The zero-order valence-corrected chi connectivity index (χ0v) is 13.8. The predicted molar refractivity (Wildman–Crippen MR) is 82.9 cm³/mol. The molecular weight excluding hydrogens is 256 g/mol. The number of thiazole rings is 1. The molecule has 0 spiro atoms. The molecule has 1 atom stereocenters. The number of nitrogens with one attached hydrogen (secondary N) is 1. The first-order chi connectivity index (χ1) is 8.95. The van der Waals surface area contributed by atoms with E-state index in [9.17, 15) is 0 Å². The minimum Gasteiger partial charge on any atom is -0.383 e. The molecule has 1 N–H and O–H groups in total. The average Bonchev–Trinajstić information content (AvgIpc) is 2.72. The van der Waals surface area contributed by atoms with Crippen LogP contribution in [0.25, 0.3) is 0 Å². The summed E-state index contributed by atoms with van der Waals surface area (Å²) in [7, 11) is 1.75. The molecule has 0 aliphatic heterocycles. The maximum absolute atomic E-state index is 5.07. The number of nitrogens with zero attached hydrogens (tertiary/aromatic N) is 1. The molecule has 0 fully saturated rings. The summed E-state index contributed by atoms with van der Waals surface area (Å²) in [5.74, 6) is 0.672. The molecule has 19 heavy (non-hydrogen) atoms. The second kappa shape index (κ2) is 7.98. The van der Waals surface area contributed by atoms with Crippen molar-refractivity contribution in [1.29, 1.82) is 0 Å². The Morgan fingerprint density at radius 1 is 1.42 bits per heavy atom. The highest BCUT2D eigenvalue weighted by Gasteiger charge is 2.24. The van der Waals surface area contributed by atoms with Crippen molar-refractivity contribution >= 4 is 11.3 Å². The highest BCUT2D eigenvalue weighted by Crippen LogP contribution is 2.30. The van der Waals surface area contributed by atoms with E-state index < -0.39 is 0 Å². The molecule has 110 valence electrons. The van der Waals surface area contributed by atoms with E-state index in [1.54, 1.807) is 18.4 Å². The van der Waals surface area contributed by atoms with Crippen molar-refractivity contribution in [3.8, 4) is 0 Å². The highest BCUT2D eigenvalue weighted by molar-refractivity contribution is 7.09. The molecule has 1 aromatic rings. The van der Waals surface area contributed by atoms with Gasteiger partial charge in [-0.25, -0.2) is 4.98 Å². The van der Waals surface area contributed by atoms with Crippen molar-refractivity contribution < 1.29 is 4.74 Å². The van der Waals surface area contributed by atoms with Gasteiger partial charge in [-0.2, -0.15) is 0 Å². The lowest BCUT2D eigenvalue weighted by Crippen LogP contribution is -2.33. The summed E-state index contributed by atoms with van der Waals surface area (Å²) in [6.07, 6.45) is 2.36. The number of ether oxygens (including phenoxy) is 1. The van der Waals surface area contributed by atoms with E-state index in [2.05, 4.69) is 38.0 Å². The van der Waals surface area contributed by atoms with Crippen LogP contribution in [-0.4, -0.2) is 31.8 Å². The normalized spacial score (nSPS) is 13.7. The molecule has 0 saturated carbocycles. The van der Waals surface area contributed by atoms with E-state index in [0.29, 0.717) is 11.3 Å². The van der Waals surface area contributed by atoms with Crippen molar-refractivity contribution in [3.05, 3.63) is 16.1 Å². The van der Waals surface area contributed by atoms with Gasteiger partial charge in [0.15, 0.2) is 0 Å². The molecule has 0 aliphatic rings. The first kappa shape index (κ1) is 16.6. The molecule has 4 heteroatoms. The Kier molecular flexibility index (Phi) is 6.97. The van der Waals surface area contributed by atoms with Gasteiger partial charge >= 0.3 is 0 Å². The Labute approximate surface area is 121 Å². The summed E-state index contributed by atoms with van der Waals surface area (Å²) in [5, 5.41) is 3.50. The first-order valence-corrected chi connectivity index (χ1v) is 7.91. The molecule has 1 unspecified atom stereocenters. The zero-order valence-electron chi connectivity index (χ0n) is 13.0. The zero-order chi connectivity index (χ0) is 14.3. The van der Waals surface area contributed by atoms with Crippen molar-refractivity contribution in [1.82, 2.24) is 10.3 Å². The summed E-state index contributed by atoms with van der Waals surface area (Å²) in [4.78, 5) is 5.77. The number of rotatable bonds is 8. The Morgan fingerprint density at radius 3 is 2.68 bits per heavy atom. The third-order valence-electron chi connectivity index (χ3n) is 3.66. The monoisotopic (exact) mass is 284 g/mol. The van der Waals surface area contributed by atoms with Crippen LogP contribution in [0.5, 0.6) is 0 Å². The fourth-order valence-corrected chi connectivity index (χ4v) is 2.96. The van der Waals surface area contributed by atoms with Crippen LogP contribution in [0.2, 0.25) is 0 Å². The van der Waals surface area contributed by atoms with Crippen LogP contribution in [0.15, 0.2) is 5.51 Å². The van der Waals surface area contributed by atoms with Crippen LogP contribution in [0.4, 0.5) is 0 Å². The molecular formula is C15H28N2OS. The maximum atomic E-state index is 5.07. The fourth-order valence-electron chi connectivity index (χ4n) is 2.16. The Hall–Kier alpha value is -0.450. The lowest BCUT2D eigenvalue weighted by molar-refractivity contribution is 0.183. The summed E-state index contributed by atoms with van der Waals surface area (Å²) >= 11 is 1.78. The molecule has 0 amide bonds. The van der Waals surface area contributed by atoms with Crippen LogP contribution < -0.4 is 5.32 Å². The summed E-state index contributed by atoms with van der Waals surface area (Å²) in [6, 6.07) is 0. The fraction of sp³-hybridized carbons (Fsp3) is 0.800. The standard InChI is InChI=1S/C15H28N2OS/c1-12-14(19-11-17-12)7-6-13(15(2,3)4)10-16-8-9-18-5/h11,13,16H,6-10H2,1-5H3. The summed E-state index contributed by atoms with van der Waals surface area (Å²) < 4.78 is 5.07. The van der Waals surface area contributed by atoms with Gasteiger partial charge in [-0.05, 0) is 37.6 Å². The Bertz CT molecular complexity index is 357. The van der Waals surface area contributed by atoms with Gasteiger partial charge in [-0.3, -0.25) is 0 Å². The first-order valence-electron chi connectivity index (χ1n) is 7.03. The van der Waals surface area contributed by atoms with Gasteiger partial charge < -0.3 is 10.1 Å². The van der Waals surface area contributed by atoms with Crippen LogP contribution in [0.3, 0.4) is 0 Å². The minimum atomic E-state index is 0.332.